The van der Waals surface area contributed by atoms with Gasteiger partial charge in [-0.25, -0.2) is 9.59 Å². The summed E-state index contributed by atoms with van der Waals surface area (Å²) in [6.45, 7) is 11.2. The highest BCUT2D eigenvalue weighted by Crippen LogP contribution is 2.32. The van der Waals surface area contributed by atoms with E-state index in [1.54, 1.807) is 24.3 Å². The Balaban J connectivity index is 1.55. The number of allylic oxidation sites excluding steroid dienone is 8. The van der Waals surface area contributed by atoms with Gasteiger partial charge in [-0.1, -0.05) is 64.8 Å². The summed E-state index contributed by atoms with van der Waals surface area (Å²) in [7, 11) is 0. The zero-order valence-electron chi connectivity index (χ0n) is 27.2. The van der Waals surface area contributed by atoms with Gasteiger partial charge in [0.1, 0.15) is 29.7 Å². The van der Waals surface area contributed by atoms with Gasteiger partial charge in [0.2, 0.25) is 6.29 Å². The van der Waals surface area contributed by atoms with Crippen LogP contribution >= 0.6 is 0 Å². The van der Waals surface area contributed by atoms with Crippen LogP contribution in [0, 0.1) is 0 Å². The fourth-order valence-electron chi connectivity index (χ4n) is 5.24. The van der Waals surface area contributed by atoms with Gasteiger partial charge in [-0.05, 0) is 78.8 Å². The average molecular weight is 633 g/mol. The number of aldehydes is 1. The molecule has 1 aromatic rings. The molecule has 0 radical (unpaired) electrons. The molecule has 46 heavy (non-hydrogen) atoms. The molecule has 2 aliphatic carbocycles. The molecule has 0 saturated heterocycles. The number of carbonyl (C=O) groups is 3. The van der Waals surface area contributed by atoms with Crippen molar-refractivity contribution in [1.29, 1.82) is 0 Å². The molecule has 0 bridgehead atoms. The molecule has 0 amide bonds. The molecule has 3 atom stereocenters. The van der Waals surface area contributed by atoms with Crippen molar-refractivity contribution in [3.8, 4) is 5.75 Å². The Bertz CT molecular complexity index is 1330. The van der Waals surface area contributed by atoms with E-state index in [1.165, 1.54) is 17.6 Å². The number of aliphatic hydroxyl groups excluding tert-OH is 1. The van der Waals surface area contributed by atoms with Gasteiger partial charge in [0.15, 0.2) is 0 Å². The zero-order valence-corrected chi connectivity index (χ0v) is 27.2. The van der Waals surface area contributed by atoms with Crippen LogP contribution in [0.4, 0.5) is 0 Å². The van der Waals surface area contributed by atoms with Crippen molar-refractivity contribution in [3.05, 3.63) is 102 Å². The van der Waals surface area contributed by atoms with Gasteiger partial charge in [-0.2, -0.15) is 0 Å². The first kappa shape index (κ1) is 36.3. The van der Waals surface area contributed by atoms with Crippen LogP contribution in [0.2, 0.25) is 0 Å². The van der Waals surface area contributed by atoms with Gasteiger partial charge in [-0.3, -0.25) is 4.79 Å². The molecular weight excluding hydrogens is 584 g/mol. The van der Waals surface area contributed by atoms with Crippen molar-refractivity contribution < 1.29 is 38.4 Å². The first-order valence-electron chi connectivity index (χ1n) is 16.4. The highest BCUT2D eigenvalue weighted by Gasteiger charge is 2.23. The van der Waals surface area contributed by atoms with E-state index in [9.17, 15) is 19.5 Å². The topological polar surface area (TPSA) is 108 Å². The molecule has 0 heterocycles. The Hall–Kier alpha value is -4.17. The number of aliphatic hydroxyl groups is 1. The molecule has 248 valence electrons. The number of ether oxygens (including phenoxy) is 4. The number of unbranched alkanes of at least 4 members (excludes halogenated alkanes) is 4. The van der Waals surface area contributed by atoms with Crippen molar-refractivity contribution in [2.45, 2.75) is 109 Å². The molecule has 8 nitrogen and oxygen atoms in total. The molecule has 0 aromatic heterocycles. The standard InChI is InChI=1S/C38H48O8/c1-5-8-9-10-11-12-35(34(40)25-27(4)26-39)43-31-23-17-30(18-24-31)38(42)45-33-21-15-29(16-22-33)28-13-19-32(20-14-28)44-37(7-3)46-36(41)6-2/h6,13,15,17-19,21,23-24,26,34-35,37,40H,2,4-5,7-12,14,16,20,22,25H2,1,3H3. The molecule has 1 N–H and O–H groups in total. The molecule has 2 aliphatic rings. The molecule has 0 saturated carbocycles. The SMILES string of the molecule is C=CC(=O)OC(CC)OC1=CC=C(C2=CC=C(OC(=O)c3ccc(OC(CCCCCCC)C(O)CC(=C)C=O)cc3)CC2)CC1. The molecular formula is C38H48O8. The largest absolute Gasteiger partial charge is 0.488 e. The van der Waals surface area contributed by atoms with Crippen molar-refractivity contribution in [2.75, 3.05) is 0 Å². The maximum atomic E-state index is 12.9. The van der Waals surface area contributed by atoms with E-state index in [-0.39, 0.29) is 6.42 Å². The van der Waals surface area contributed by atoms with Crippen LogP contribution in [0.3, 0.4) is 0 Å². The predicted molar refractivity (Wildman–Crippen MR) is 178 cm³/mol. The maximum Gasteiger partial charge on any atom is 0.343 e. The van der Waals surface area contributed by atoms with Crippen LogP contribution < -0.4 is 4.74 Å². The Labute approximate surface area is 273 Å². The van der Waals surface area contributed by atoms with Crippen LogP contribution in [-0.4, -0.2) is 41.8 Å². The summed E-state index contributed by atoms with van der Waals surface area (Å²) < 4.78 is 22.8. The van der Waals surface area contributed by atoms with Gasteiger partial charge >= 0.3 is 11.9 Å². The number of carbonyl (C=O) groups excluding carboxylic acids is 3. The third-order valence-corrected chi connectivity index (χ3v) is 7.93. The Kier molecular flexibility index (Phi) is 15.3. The second-order valence-corrected chi connectivity index (χ2v) is 11.6. The third-order valence-electron chi connectivity index (χ3n) is 7.93. The van der Waals surface area contributed by atoms with E-state index in [0.717, 1.165) is 50.4 Å². The van der Waals surface area contributed by atoms with Crippen LogP contribution in [-0.2, 0) is 23.8 Å². The van der Waals surface area contributed by atoms with E-state index in [1.807, 2.05) is 31.2 Å². The van der Waals surface area contributed by atoms with Crippen LogP contribution in [0.5, 0.6) is 5.75 Å². The quantitative estimate of drug-likeness (QED) is 0.0505. The Morgan fingerprint density at radius 1 is 0.891 bits per heavy atom. The molecule has 3 unspecified atom stereocenters. The normalized spacial score (nSPS) is 16.3. The summed E-state index contributed by atoms with van der Waals surface area (Å²) in [4.78, 5) is 35.4. The predicted octanol–water partition coefficient (Wildman–Crippen LogP) is 8.15. The number of hydrogen-bond acceptors (Lipinski definition) is 8. The zero-order chi connectivity index (χ0) is 33.3. The highest BCUT2D eigenvalue weighted by atomic mass is 16.7. The van der Waals surface area contributed by atoms with Gasteiger partial charge in [0, 0.05) is 31.8 Å². The summed E-state index contributed by atoms with van der Waals surface area (Å²) in [5.41, 5.74) is 3.10. The minimum absolute atomic E-state index is 0.149. The molecule has 0 spiro atoms. The van der Waals surface area contributed by atoms with Crippen LogP contribution in [0.25, 0.3) is 0 Å². The molecule has 0 fully saturated rings. The van der Waals surface area contributed by atoms with Gasteiger partial charge in [-0.15, -0.1) is 0 Å². The lowest BCUT2D eigenvalue weighted by Crippen LogP contribution is -2.32. The highest BCUT2D eigenvalue weighted by molar-refractivity contribution is 5.90. The summed E-state index contributed by atoms with van der Waals surface area (Å²) >= 11 is 0. The summed E-state index contributed by atoms with van der Waals surface area (Å²) in [5, 5.41) is 10.7. The average Bonchev–Trinajstić information content (AvgIpc) is 3.08. The fraction of sp³-hybridized carbons (Fsp3) is 0.447. The summed E-state index contributed by atoms with van der Waals surface area (Å²) in [6.07, 6.45) is 17.1. The van der Waals surface area contributed by atoms with E-state index in [2.05, 4.69) is 20.1 Å². The van der Waals surface area contributed by atoms with Gasteiger partial charge in [0.05, 0.1) is 11.7 Å². The lowest BCUT2D eigenvalue weighted by molar-refractivity contribution is -0.166. The second-order valence-electron chi connectivity index (χ2n) is 11.6. The van der Waals surface area contributed by atoms with Crippen molar-refractivity contribution in [1.82, 2.24) is 0 Å². The second kappa shape index (κ2) is 19.4. The maximum absolute atomic E-state index is 12.9. The van der Waals surface area contributed by atoms with Crippen molar-refractivity contribution >= 4 is 18.2 Å². The van der Waals surface area contributed by atoms with E-state index < -0.39 is 30.4 Å². The fourth-order valence-corrected chi connectivity index (χ4v) is 5.24. The lowest BCUT2D eigenvalue weighted by atomic mass is 9.90. The Morgan fingerprint density at radius 2 is 1.54 bits per heavy atom. The first-order chi connectivity index (χ1) is 22.3. The minimum Gasteiger partial charge on any atom is -0.488 e. The van der Waals surface area contributed by atoms with Gasteiger partial charge in [0.25, 0.3) is 0 Å². The summed E-state index contributed by atoms with van der Waals surface area (Å²) in [5.74, 6) is 0.935. The molecule has 8 heteroatoms. The van der Waals surface area contributed by atoms with Crippen LogP contribution in [0.15, 0.2) is 96.0 Å². The van der Waals surface area contributed by atoms with Crippen LogP contribution in [0.1, 0.15) is 101 Å². The van der Waals surface area contributed by atoms with E-state index in [0.29, 0.717) is 54.6 Å². The number of rotatable bonds is 20. The number of hydrogen-bond donors (Lipinski definition) is 1. The smallest absolute Gasteiger partial charge is 0.343 e. The molecule has 3 rings (SSSR count). The Morgan fingerprint density at radius 3 is 2.11 bits per heavy atom. The summed E-state index contributed by atoms with van der Waals surface area (Å²) in [6, 6.07) is 6.69. The third kappa shape index (κ3) is 12.0. The van der Waals surface area contributed by atoms with Crippen molar-refractivity contribution in [3.63, 3.8) is 0 Å². The van der Waals surface area contributed by atoms with E-state index >= 15 is 0 Å². The first-order valence-corrected chi connectivity index (χ1v) is 16.4. The number of esters is 2. The molecule has 0 aliphatic heterocycles. The van der Waals surface area contributed by atoms with Gasteiger partial charge < -0.3 is 24.1 Å². The monoisotopic (exact) mass is 632 g/mol. The van der Waals surface area contributed by atoms with E-state index in [4.69, 9.17) is 18.9 Å². The molecule has 1 aromatic carbocycles. The van der Waals surface area contributed by atoms with Crippen molar-refractivity contribution in [2.24, 2.45) is 0 Å². The lowest BCUT2D eigenvalue weighted by Gasteiger charge is -2.24. The number of benzene rings is 1. The minimum atomic E-state index is -0.858.